The largest absolute Gasteiger partial charge is 0.444 e. The van der Waals surface area contributed by atoms with Gasteiger partial charge in [0.25, 0.3) is 5.91 Å². The lowest BCUT2D eigenvalue weighted by Gasteiger charge is -2.21. The summed E-state index contributed by atoms with van der Waals surface area (Å²) in [6.45, 7) is 5.18. The van der Waals surface area contributed by atoms with E-state index in [9.17, 15) is 18.2 Å². The number of pyridine rings is 1. The molecule has 0 bridgehead atoms. The standard InChI is InChI=1S/C30H26FN5O4S/c1-30(2,3)40-29(38)36-26-15-8-21(19-4-9-22(31)10-5-19)16-27(26)35-28(37)20-6-12-24(13-7-20)41(33,39)25-14-11-23(17-32)34-18-25/h4-16,18,33H,1-3H3,(H,35,37)(H,36,38). The van der Waals surface area contributed by atoms with Crippen LogP contribution in [0.25, 0.3) is 11.1 Å². The van der Waals surface area contributed by atoms with Gasteiger partial charge in [0.05, 0.1) is 21.2 Å². The molecule has 0 fully saturated rings. The number of amides is 2. The molecule has 1 atom stereocenters. The minimum atomic E-state index is -3.43. The highest BCUT2D eigenvalue weighted by atomic mass is 32.2. The number of nitrogens with zero attached hydrogens (tertiary/aromatic N) is 2. The Labute approximate surface area is 237 Å². The molecular weight excluding hydrogens is 545 g/mol. The van der Waals surface area contributed by atoms with Crippen molar-refractivity contribution in [2.24, 2.45) is 0 Å². The van der Waals surface area contributed by atoms with Crippen molar-refractivity contribution in [3.05, 3.63) is 102 Å². The zero-order valence-electron chi connectivity index (χ0n) is 22.4. The van der Waals surface area contributed by atoms with Gasteiger partial charge in [0.15, 0.2) is 0 Å². The van der Waals surface area contributed by atoms with E-state index in [0.29, 0.717) is 11.1 Å². The number of carbonyl (C=O) groups is 2. The van der Waals surface area contributed by atoms with E-state index < -0.39 is 27.3 Å². The number of nitriles is 1. The van der Waals surface area contributed by atoms with E-state index >= 15 is 0 Å². The van der Waals surface area contributed by atoms with Crippen molar-refractivity contribution >= 4 is 33.1 Å². The summed E-state index contributed by atoms with van der Waals surface area (Å²) in [5, 5.41) is 14.3. The molecule has 0 aliphatic rings. The molecule has 4 aromatic rings. The van der Waals surface area contributed by atoms with Crippen LogP contribution >= 0.6 is 0 Å². The summed E-state index contributed by atoms with van der Waals surface area (Å²) in [6.07, 6.45) is 0.510. The van der Waals surface area contributed by atoms with Crippen LogP contribution < -0.4 is 10.6 Å². The molecular formula is C30H26FN5O4S. The van der Waals surface area contributed by atoms with Crippen LogP contribution in [0.4, 0.5) is 20.6 Å². The fourth-order valence-corrected chi connectivity index (χ4v) is 4.99. The third-order valence-corrected chi connectivity index (χ3v) is 7.55. The highest BCUT2D eigenvalue weighted by molar-refractivity contribution is 7.92. The Hall–Kier alpha value is -5.08. The van der Waals surface area contributed by atoms with Crippen molar-refractivity contribution in [2.75, 3.05) is 10.6 Å². The summed E-state index contributed by atoms with van der Waals surface area (Å²) < 4.78 is 40.4. The summed E-state index contributed by atoms with van der Waals surface area (Å²) >= 11 is 0. The number of benzene rings is 3. The summed E-state index contributed by atoms with van der Waals surface area (Å²) in [7, 11) is -3.43. The molecule has 0 aliphatic carbocycles. The van der Waals surface area contributed by atoms with Crippen LogP contribution in [0, 0.1) is 21.9 Å². The smallest absolute Gasteiger partial charge is 0.412 e. The van der Waals surface area contributed by atoms with Gasteiger partial charge in [0.2, 0.25) is 0 Å². The van der Waals surface area contributed by atoms with Crippen molar-refractivity contribution < 1.29 is 22.9 Å². The van der Waals surface area contributed by atoms with Gasteiger partial charge in [-0.2, -0.15) is 5.26 Å². The van der Waals surface area contributed by atoms with E-state index in [1.807, 2.05) is 6.07 Å². The average Bonchev–Trinajstić information content (AvgIpc) is 2.93. The Bertz CT molecular complexity index is 1740. The van der Waals surface area contributed by atoms with Crippen LogP contribution in [-0.2, 0) is 14.5 Å². The monoisotopic (exact) mass is 571 g/mol. The Morgan fingerprint density at radius 2 is 1.54 bits per heavy atom. The topological polar surface area (TPSA) is 145 Å². The molecule has 2 amide bonds. The van der Waals surface area contributed by atoms with Crippen LogP contribution in [0.1, 0.15) is 36.8 Å². The number of ether oxygens (including phenoxy) is 1. The van der Waals surface area contributed by atoms with E-state index in [1.165, 1.54) is 54.7 Å². The van der Waals surface area contributed by atoms with E-state index in [1.54, 1.807) is 51.1 Å². The Morgan fingerprint density at radius 3 is 2.12 bits per heavy atom. The molecule has 1 unspecified atom stereocenters. The predicted octanol–water partition coefficient (Wildman–Crippen LogP) is 6.82. The molecule has 1 aromatic heterocycles. The molecule has 3 aromatic carbocycles. The summed E-state index contributed by atoms with van der Waals surface area (Å²) in [4.78, 5) is 29.8. The van der Waals surface area contributed by atoms with E-state index in [0.717, 1.165) is 0 Å². The van der Waals surface area contributed by atoms with Gasteiger partial charge in [-0.3, -0.25) is 10.1 Å². The van der Waals surface area contributed by atoms with Crippen LogP contribution in [0.3, 0.4) is 0 Å². The third-order valence-electron chi connectivity index (χ3n) is 5.71. The lowest BCUT2D eigenvalue weighted by atomic mass is 10.0. The fourth-order valence-electron chi connectivity index (χ4n) is 3.74. The lowest BCUT2D eigenvalue weighted by molar-refractivity contribution is 0.0635. The second-order valence-corrected chi connectivity index (χ2v) is 12.0. The number of carbonyl (C=O) groups excluding carboxylic acids is 2. The molecule has 9 nitrogen and oxygen atoms in total. The summed E-state index contributed by atoms with van der Waals surface area (Å²) in [5.74, 6) is -0.919. The Balaban J connectivity index is 1.61. The molecule has 0 aliphatic heterocycles. The number of hydrogen-bond donors (Lipinski definition) is 3. The molecule has 11 heteroatoms. The van der Waals surface area contributed by atoms with Crippen LogP contribution in [0.5, 0.6) is 0 Å². The van der Waals surface area contributed by atoms with Gasteiger partial charge >= 0.3 is 6.09 Å². The van der Waals surface area contributed by atoms with Gasteiger partial charge in [-0.05, 0) is 92.6 Å². The number of aromatic nitrogens is 1. The third kappa shape index (κ3) is 7.12. The zero-order chi connectivity index (χ0) is 29.8. The molecule has 0 radical (unpaired) electrons. The molecule has 0 spiro atoms. The Kier molecular flexibility index (Phi) is 8.16. The molecule has 3 N–H and O–H groups in total. The quantitative estimate of drug-likeness (QED) is 0.231. The molecule has 208 valence electrons. The normalized spacial score (nSPS) is 12.5. The molecule has 1 heterocycles. The van der Waals surface area contributed by atoms with Crippen LogP contribution in [0.2, 0.25) is 0 Å². The lowest BCUT2D eigenvalue weighted by Crippen LogP contribution is -2.27. The van der Waals surface area contributed by atoms with Crippen molar-refractivity contribution in [2.45, 2.75) is 36.2 Å². The van der Waals surface area contributed by atoms with Crippen LogP contribution in [-0.4, -0.2) is 26.8 Å². The highest BCUT2D eigenvalue weighted by Gasteiger charge is 2.19. The highest BCUT2D eigenvalue weighted by Crippen LogP contribution is 2.31. The second kappa shape index (κ2) is 11.6. The minimum absolute atomic E-state index is 0.129. The molecule has 4 rings (SSSR count). The SMILES string of the molecule is CC(C)(C)OC(=O)Nc1ccc(-c2ccc(F)cc2)cc1NC(=O)c1ccc(S(=N)(=O)c2ccc(C#N)nc2)cc1. The minimum Gasteiger partial charge on any atom is -0.444 e. The summed E-state index contributed by atoms with van der Waals surface area (Å²) in [6, 6.07) is 21.1. The zero-order valence-corrected chi connectivity index (χ0v) is 23.2. The molecule has 41 heavy (non-hydrogen) atoms. The average molecular weight is 572 g/mol. The van der Waals surface area contributed by atoms with Gasteiger partial charge in [0.1, 0.15) is 32.9 Å². The first-order valence-corrected chi connectivity index (χ1v) is 13.9. The molecule has 0 saturated carbocycles. The van der Waals surface area contributed by atoms with Crippen molar-refractivity contribution in [1.29, 1.82) is 10.0 Å². The number of anilines is 2. The second-order valence-electron chi connectivity index (χ2n) is 9.92. The van der Waals surface area contributed by atoms with Gasteiger partial charge < -0.3 is 10.1 Å². The number of rotatable bonds is 6. The molecule has 0 saturated heterocycles. The van der Waals surface area contributed by atoms with Crippen molar-refractivity contribution in [3.63, 3.8) is 0 Å². The van der Waals surface area contributed by atoms with Gasteiger partial charge in [-0.25, -0.2) is 23.2 Å². The number of halogens is 1. The van der Waals surface area contributed by atoms with E-state index in [4.69, 9.17) is 14.8 Å². The first kappa shape index (κ1) is 28.9. The van der Waals surface area contributed by atoms with Crippen molar-refractivity contribution in [1.82, 2.24) is 4.98 Å². The van der Waals surface area contributed by atoms with Gasteiger partial charge in [-0.15, -0.1) is 0 Å². The van der Waals surface area contributed by atoms with E-state index in [2.05, 4.69) is 15.6 Å². The maximum absolute atomic E-state index is 13.5. The Morgan fingerprint density at radius 1 is 0.902 bits per heavy atom. The number of hydrogen-bond acceptors (Lipinski definition) is 7. The van der Waals surface area contributed by atoms with Gasteiger partial charge in [-0.1, -0.05) is 18.2 Å². The number of nitrogens with one attached hydrogen (secondary N) is 3. The first-order chi connectivity index (χ1) is 19.4. The maximum Gasteiger partial charge on any atom is 0.412 e. The van der Waals surface area contributed by atoms with Gasteiger partial charge in [0, 0.05) is 11.8 Å². The first-order valence-electron chi connectivity index (χ1n) is 12.3. The summed E-state index contributed by atoms with van der Waals surface area (Å²) in [5.41, 5.74) is 1.50. The van der Waals surface area contributed by atoms with Crippen molar-refractivity contribution in [3.8, 4) is 17.2 Å². The predicted molar refractivity (Wildman–Crippen MR) is 152 cm³/mol. The fraction of sp³-hybridized carbons (Fsp3) is 0.133. The van der Waals surface area contributed by atoms with Crippen LogP contribution in [0.15, 0.2) is 94.9 Å². The van der Waals surface area contributed by atoms with E-state index in [-0.39, 0.29) is 38.2 Å². The maximum atomic E-state index is 13.5.